The Labute approximate surface area is 133 Å². The molecule has 0 amide bonds. The maximum absolute atomic E-state index is 13.9. The molecule has 110 valence electrons. The molecular weight excluding hydrogens is 326 g/mol. The molecule has 0 unspecified atom stereocenters. The number of H-pyrrole nitrogens is 1. The van der Waals surface area contributed by atoms with Gasteiger partial charge in [0.1, 0.15) is 5.65 Å². The molecule has 1 N–H and O–H groups in total. The Bertz CT molecular complexity index is 971. The minimum atomic E-state index is -3.46. The highest BCUT2D eigenvalue weighted by atomic mass is 35.5. The number of alkyl halides is 3. The zero-order chi connectivity index (χ0) is 15.3. The van der Waals surface area contributed by atoms with E-state index in [0.29, 0.717) is 22.1 Å². The summed E-state index contributed by atoms with van der Waals surface area (Å²) in [5.41, 5.74) is 1.45. The van der Waals surface area contributed by atoms with Gasteiger partial charge in [-0.2, -0.15) is 8.78 Å². The number of fused-ring (bicyclic) bond motifs is 3. The Morgan fingerprint density at radius 1 is 1.14 bits per heavy atom. The number of aromatic amines is 1. The molecule has 0 aliphatic rings. The minimum absolute atomic E-state index is 0.222. The molecule has 0 spiro atoms. The third-order valence-corrected chi connectivity index (χ3v) is 4.64. The minimum Gasteiger partial charge on any atom is -0.339 e. The summed E-state index contributed by atoms with van der Waals surface area (Å²) >= 11 is 6.80. The monoisotopic (exact) mass is 334 g/mol. The standard InChI is InChI=1S/C16H9ClF2N2S/c17-16(18,19)10-8-12(13-6-3-7-22-13)21-15-14(10)9-4-1-2-5-11(9)20-15/h1-8H,(H,20,21). The van der Waals surface area contributed by atoms with Gasteiger partial charge in [0.2, 0.25) is 0 Å². The number of benzene rings is 1. The lowest BCUT2D eigenvalue weighted by Crippen LogP contribution is -2.05. The van der Waals surface area contributed by atoms with Gasteiger partial charge in [-0.05, 0) is 35.2 Å². The highest BCUT2D eigenvalue weighted by molar-refractivity contribution is 7.13. The summed E-state index contributed by atoms with van der Waals surface area (Å²) in [4.78, 5) is 8.41. The summed E-state index contributed by atoms with van der Waals surface area (Å²) < 4.78 is 27.9. The fourth-order valence-electron chi connectivity index (χ4n) is 2.62. The van der Waals surface area contributed by atoms with Gasteiger partial charge >= 0.3 is 5.38 Å². The number of nitrogens with one attached hydrogen (secondary N) is 1. The number of aromatic nitrogens is 2. The van der Waals surface area contributed by atoms with Crippen LogP contribution in [0.1, 0.15) is 5.56 Å². The summed E-state index contributed by atoms with van der Waals surface area (Å²) in [5.74, 6) is 0. The van der Waals surface area contributed by atoms with Crippen molar-refractivity contribution in [2.24, 2.45) is 0 Å². The van der Waals surface area contributed by atoms with E-state index < -0.39 is 5.38 Å². The van der Waals surface area contributed by atoms with Gasteiger partial charge in [0.05, 0.1) is 16.1 Å². The van der Waals surface area contributed by atoms with E-state index in [1.807, 2.05) is 29.6 Å². The van der Waals surface area contributed by atoms with Crippen molar-refractivity contribution in [2.45, 2.75) is 5.38 Å². The number of para-hydroxylation sites is 1. The van der Waals surface area contributed by atoms with Crippen LogP contribution in [0.25, 0.3) is 32.5 Å². The molecule has 0 saturated heterocycles. The van der Waals surface area contributed by atoms with E-state index in [9.17, 15) is 8.78 Å². The van der Waals surface area contributed by atoms with Crippen LogP contribution in [0.2, 0.25) is 0 Å². The second-order valence-electron chi connectivity index (χ2n) is 4.92. The molecule has 3 heterocycles. The second-order valence-corrected chi connectivity index (χ2v) is 6.35. The maximum atomic E-state index is 13.9. The van der Waals surface area contributed by atoms with Crippen molar-refractivity contribution in [3.8, 4) is 10.6 Å². The fourth-order valence-corrected chi connectivity index (χ4v) is 3.46. The molecule has 1 aromatic carbocycles. The predicted octanol–water partition coefficient (Wildman–Crippen LogP) is 5.73. The Morgan fingerprint density at radius 3 is 2.68 bits per heavy atom. The summed E-state index contributed by atoms with van der Waals surface area (Å²) in [6.45, 7) is 0. The zero-order valence-electron chi connectivity index (χ0n) is 11.1. The van der Waals surface area contributed by atoms with E-state index in [0.717, 1.165) is 10.4 Å². The highest BCUT2D eigenvalue weighted by Gasteiger charge is 2.32. The first kappa shape index (κ1) is 13.7. The van der Waals surface area contributed by atoms with Crippen LogP contribution >= 0.6 is 22.9 Å². The number of nitrogens with zero attached hydrogens (tertiary/aromatic N) is 1. The van der Waals surface area contributed by atoms with Gasteiger partial charge < -0.3 is 4.98 Å². The molecule has 4 aromatic rings. The molecular formula is C16H9ClF2N2S. The van der Waals surface area contributed by atoms with Gasteiger partial charge in [-0.25, -0.2) is 4.98 Å². The number of pyridine rings is 1. The Morgan fingerprint density at radius 2 is 1.95 bits per heavy atom. The van der Waals surface area contributed by atoms with Crippen molar-refractivity contribution in [2.75, 3.05) is 0 Å². The predicted molar refractivity (Wildman–Crippen MR) is 86.7 cm³/mol. The third kappa shape index (κ3) is 2.09. The van der Waals surface area contributed by atoms with Crippen LogP contribution < -0.4 is 0 Å². The molecule has 0 aliphatic carbocycles. The first-order valence-electron chi connectivity index (χ1n) is 6.56. The second kappa shape index (κ2) is 4.76. The van der Waals surface area contributed by atoms with E-state index in [1.54, 1.807) is 12.1 Å². The molecule has 0 saturated carbocycles. The van der Waals surface area contributed by atoms with Gasteiger partial charge in [0.25, 0.3) is 0 Å². The number of rotatable bonds is 2. The van der Waals surface area contributed by atoms with Gasteiger partial charge in [-0.15, -0.1) is 11.3 Å². The van der Waals surface area contributed by atoms with Crippen LogP contribution in [0.5, 0.6) is 0 Å². The van der Waals surface area contributed by atoms with Crippen molar-refractivity contribution in [1.29, 1.82) is 0 Å². The average molecular weight is 335 g/mol. The largest absolute Gasteiger partial charge is 0.349 e. The van der Waals surface area contributed by atoms with Crippen LogP contribution in [-0.2, 0) is 5.38 Å². The van der Waals surface area contributed by atoms with Crippen molar-refractivity contribution in [3.63, 3.8) is 0 Å². The molecule has 2 nitrogen and oxygen atoms in total. The number of thiophene rings is 1. The van der Waals surface area contributed by atoms with Gasteiger partial charge in [-0.1, -0.05) is 24.3 Å². The Hall–Kier alpha value is -1.98. The van der Waals surface area contributed by atoms with Crippen LogP contribution in [0.4, 0.5) is 8.78 Å². The molecule has 0 radical (unpaired) electrons. The quantitative estimate of drug-likeness (QED) is 0.466. The van der Waals surface area contributed by atoms with Crippen molar-refractivity contribution < 1.29 is 8.78 Å². The Balaban J connectivity index is 2.14. The van der Waals surface area contributed by atoms with E-state index >= 15 is 0 Å². The Kier molecular flexibility index (Phi) is 2.96. The topological polar surface area (TPSA) is 28.7 Å². The fraction of sp³-hybridized carbons (Fsp3) is 0.0625. The maximum Gasteiger partial charge on any atom is 0.349 e. The van der Waals surface area contributed by atoms with Gasteiger partial charge in [0.15, 0.2) is 0 Å². The van der Waals surface area contributed by atoms with Gasteiger partial charge in [-0.3, -0.25) is 0 Å². The molecule has 0 aliphatic heterocycles. The van der Waals surface area contributed by atoms with Crippen LogP contribution in [-0.4, -0.2) is 9.97 Å². The first-order valence-corrected chi connectivity index (χ1v) is 7.82. The molecule has 6 heteroatoms. The smallest absolute Gasteiger partial charge is 0.339 e. The molecule has 3 aromatic heterocycles. The van der Waals surface area contributed by atoms with Crippen molar-refractivity contribution >= 4 is 44.9 Å². The molecule has 0 fully saturated rings. The molecule has 22 heavy (non-hydrogen) atoms. The summed E-state index contributed by atoms with van der Waals surface area (Å²) in [7, 11) is 0. The lowest BCUT2D eigenvalue weighted by molar-refractivity contribution is 0.0969. The van der Waals surface area contributed by atoms with Crippen LogP contribution in [0.3, 0.4) is 0 Å². The summed E-state index contributed by atoms with van der Waals surface area (Å²) in [6, 6.07) is 12.3. The average Bonchev–Trinajstić information content (AvgIpc) is 3.12. The van der Waals surface area contributed by atoms with E-state index in [2.05, 4.69) is 9.97 Å². The van der Waals surface area contributed by atoms with Gasteiger partial charge in [0, 0.05) is 16.3 Å². The third-order valence-electron chi connectivity index (χ3n) is 3.55. The normalized spacial score (nSPS) is 12.3. The van der Waals surface area contributed by atoms with Crippen LogP contribution in [0.15, 0.2) is 47.8 Å². The molecule has 4 rings (SSSR count). The summed E-state index contributed by atoms with van der Waals surface area (Å²) in [5, 5.41) is -0.516. The molecule has 0 bridgehead atoms. The molecule has 0 atom stereocenters. The zero-order valence-corrected chi connectivity index (χ0v) is 12.7. The summed E-state index contributed by atoms with van der Waals surface area (Å²) in [6.07, 6.45) is 0. The van der Waals surface area contributed by atoms with E-state index in [-0.39, 0.29) is 5.56 Å². The van der Waals surface area contributed by atoms with E-state index in [4.69, 9.17) is 11.6 Å². The highest BCUT2D eigenvalue weighted by Crippen LogP contribution is 2.41. The number of hydrogen-bond acceptors (Lipinski definition) is 2. The lowest BCUT2D eigenvalue weighted by Gasteiger charge is -2.11. The number of hydrogen-bond donors (Lipinski definition) is 1. The van der Waals surface area contributed by atoms with Crippen molar-refractivity contribution in [3.05, 3.63) is 53.4 Å². The SMILES string of the molecule is FC(F)(Cl)c1cc(-c2cccs2)nc2[nH]c3ccccc3c12. The first-order chi connectivity index (χ1) is 10.5. The number of halogens is 3. The van der Waals surface area contributed by atoms with E-state index in [1.165, 1.54) is 17.4 Å². The lowest BCUT2D eigenvalue weighted by atomic mass is 10.1. The van der Waals surface area contributed by atoms with Crippen molar-refractivity contribution in [1.82, 2.24) is 9.97 Å². The van der Waals surface area contributed by atoms with Crippen LogP contribution in [0, 0.1) is 0 Å².